The van der Waals surface area contributed by atoms with Crippen LogP contribution in [0.3, 0.4) is 0 Å². The lowest BCUT2D eigenvalue weighted by atomic mass is 9.96. The average Bonchev–Trinajstić information content (AvgIpc) is 1.97. The van der Waals surface area contributed by atoms with E-state index in [0.717, 1.165) is 17.7 Å². The number of hydrogen-bond acceptors (Lipinski definition) is 0. The highest BCUT2D eigenvalue weighted by Crippen LogP contribution is 2.18. The van der Waals surface area contributed by atoms with Gasteiger partial charge in [0.15, 0.2) is 0 Å². The van der Waals surface area contributed by atoms with Crippen LogP contribution in [-0.4, -0.2) is 5.88 Å². The first kappa shape index (κ1) is 11.3. The molecule has 0 amide bonds. The van der Waals surface area contributed by atoms with E-state index in [1.54, 1.807) is 0 Å². The van der Waals surface area contributed by atoms with E-state index in [9.17, 15) is 0 Å². The third-order valence-electron chi connectivity index (χ3n) is 2.07. The Morgan fingerprint density at radius 1 is 1.09 bits per heavy atom. The van der Waals surface area contributed by atoms with Gasteiger partial charge in [-0.1, -0.05) is 33.6 Å². The van der Waals surface area contributed by atoms with Crippen LogP contribution in [-0.2, 0) is 0 Å². The van der Waals surface area contributed by atoms with Gasteiger partial charge in [0.1, 0.15) is 0 Å². The highest BCUT2D eigenvalue weighted by Gasteiger charge is 2.06. The molecule has 0 aliphatic carbocycles. The topological polar surface area (TPSA) is 0 Å². The zero-order chi connectivity index (χ0) is 8.69. The van der Waals surface area contributed by atoms with Crippen molar-refractivity contribution in [3.8, 4) is 0 Å². The van der Waals surface area contributed by atoms with Crippen LogP contribution in [0, 0.1) is 11.8 Å². The number of hydrogen-bond donors (Lipinski definition) is 0. The first-order valence-corrected chi connectivity index (χ1v) is 5.30. The Balaban J connectivity index is 3.35. The molecule has 1 atom stereocenters. The van der Waals surface area contributed by atoms with E-state index in [0.29, 0.717) is 0 Å². The molecule has 0 saturated carbocycles. The SMILES string of the molecule is CCCC(CCl)CCC(C)C. The molecule has 0 bridgehead atoms. The second-order valence-electron chi connectivity index (χ2n) is 3.78. The molecule has 0 radical (unpaired) electrons. The summed E-state index contributed by atoms with van der Waals surface area (Å²) in [5.41, 5.74) is 0. The molecule has 0 heterocycles. The van der Waals surface area contributed by atoms with Crippen molar-refractivity contribution in [3.63, 3.8) is 0 Å². The summed E-state index contributed by atoms with van der Waals surface area (Å²) in [4.78, 5) is 0. The van der Waals surface area contributed by atoms with Gasteiger partial charge in [0.05, 0.1) is 0 Å². The van der Waals surface area contributed by atoms with Crippen molar-refractivity contribution < 1.29 is 0 Å². The molecule has 1 unspecified atom stereocenters. The second-order valence-corrected chi connectivity index (χ2v) is 4.09. The molecule has 0 N–H and O–H groups in total. The Bertz CT molecular complexity index is 78.9. The highest BCUT2D eigenvalue weighted by atomic mass is 35.5. The van der Waals surface area contributed by atoms with Crippen LogP contribution in [0.25, 0.3) is 0 Å². The minimum atomic E-state index is 0.768. The fourth-order valence-corrected chi connectivity index (χ4v) is 1.58. The van der Waals surface area contributed by atoms with Crippen LogP contribution >= 0.6 is 11.6 Å². The molecule has 0 rings (SSSR count). The van der Waals surface area contributed by atoms with Crippen LogP contribution in [0.4, 0.5) is 0 Å². The van der Waals surface area contributed by atoms with Crippen LogP contribution in [0.2, 0.25) is 0 Å². The third kappa shape index (κ3) is 6.68. The van der Waals surface area contributed by atoms with E-state index in [4.69, 9.17) is 11.6 Å². The van der Waals surface area contributed by atoms with Gasteiger partial charge in [-0.2, -0.15) is 0 Å². The molecular weight excluding hydrogens is 156 g/mol. The van der Waals surface area contributed by atoms with E-state index in [-0.39, 0.29) is 0 Å². The molecule has 0 aromatic heterocycles. The summed E-state index contributed by atoms with van der Waals surface area (Å²) in [7, 11) is 0. The van der Waals surface area contributed by atoms with Crippen LogP contribution in [0.15, 0.2) is 0 Å². The van der Waals surface area contributed by atoms with Crippen molar-refractivity contribution in [2.75, 3.05) is 5.88 Å². The van der Waals surface area contributed by atoms with Gasteiger partial charge in [-0.3, -0.25) is 0 Å². The average molecular weight is 177 g/mol. The molecule has 0 aliphatic heterocycles. The maximum atomic E-state index is 5.83. The Morgan fingerprint density at radius 2 is 1.73 bits per heavy atom. The van der Waals surface area contributed by atoms with Gasteiger partial charge >= 0.3 is 0 Å². The summed E-state index contributed by atoms with van der Waals surface area (Å²) < 4.78 is 0. The fourth-order valence-electron chi connectivity index (χ4n) is 1.28. The summed E-state index contributed by atoms with van der Waals surface area (Å²) >= 11 is 5.83. The van der Waals surface area contributed by atoms with Crippen molar-refractivity contribution in [1.82, 2.24) is 0 Å². The summed E-state index contributed by atoms with van der Waals surface area (Å²) in [6.07, 6.45) is 5.22. The second kappa shape index (κ2) is 6.97. The van der Waals surface area contributed by atoms with Crippen molar-refractivity contribution in [2.45, 2.75) is 46.5 Å². The number of rotatable bonds is 6. The van der Waals surface area contributed by atoms with Gasteiger partial charge in [-0.05, 0) is 24.7 Å². The van der Waals surface area contributed by atoms with Gasteiger partial charge in [-0.25, -0.2) is 0 Å². The molecule has 1 heteroatoms. The lowest BCUT2D eigenvalue weighted by Gasteiger charge is -2.13. The number of halogens is 1. The predicted octanol–water partition coefficient (Wildman–Crippen LogP) is 4.08. The first-order chi connectivity index (χ1) is 5.20. The van der Waals surface area contributed by atoms with Crippen molar-refractivity contribution in [2.24, 2.45) is 11.8 Å². The zero-order valence-electron chi connectivity index (χ0n) is 8.07. The van der Waals surface area contributed by atoms with E-state index in [1.807, 2.05) is 0 Å². The fraction of sp³-hybridized carbons (Fsp3) is 1.00. The summed E-state index contributed by atoms with van der Waals surface area (Å²) in [5.74, 6) is 2.45. The van der Waals surface area contributed by atoms with E-state index < -0.39 is 0 Å². The van der Waals surface area contributed by atoms with Gasteiger partial charge < -0.3 is 0 Å². The van der Waals surface area contributed by atoms with Crippen molar-refractivity contribution in [3.05, 3.63) is 0 Å². The monoisotopic (exact) mass is 176 g/mol. The van der Waals surface area contributed by atoms with Crippen LogP contribution in [0.5, 0.6) is 0 Å². The maximum absolute atomic E-state index is 5.83. The normalized spacial score (nSPS) is 13.9. The molecule has 0 nitrogen and oxygen atoms in total. The molecular formula is C10H21Cl. The zero-order valence-corrected chi connectivity index (χ0v) is 8.82. The largest absolute Gasteiger partial charge is 0.126 e. The Labute approximate surface area is 76.3 Å². The molecule has 11 heavy (non-hydrogen) atoms. The predicted molar refractivity (Wildman–Crippen MR) is 53.2 cm³/mol. The molecule has 0 aliphatic rings. The molecule has 68 valence electrons. The van der Waals surface area contributed by atoms with Crippen LogP contribution < -0.4 is 0 Å². The van der Waals surface area contributed by atoms with Gasteiger partial charge in [-0.15, -0.1) is 11.6 Å². The first-order valence-electron chi connectivity index (χ1n) is 4.76. The third-order valence-corrected chi connectivity index (χ3v) is 2.50. The Hall–Kier alpha value is 0.290. The molecule has 0 saturated heterocycles. The smallest absolute Gasteiger partial charge is 0.0251 e. The summed E-state index contributed by atoms with van der Waals surface area (Å²) in [6, 6.07) is 0. The Kier molecular flexibility index (Phi) is 7.15. The lowest BCUT2D eigenvalue weighted by Crippen LogP contribution is -2.03. The van der Waals surface area contributed by atoms with E-state index in [2.05, 4.69) is 20.8 Å². The summed E-state index contributed by atoms with van der Waals surface area (Å²) in [6.45, 7) is 6.78. The van der Waals surface area contributed by atoms with E-state index >= 15 is 0 Å². The van der Waals surface area contributed by atoms with E-state index in [1.165, 1.54) is 25.7 Å². The molecule has 0 aromatic rings. The Morgan fingerprint density at radius 3 is 2.09 bits per heavy atom. The van der Waals surface area contributed by atoms with Crippen molar-refractivity contribution >= 4 is 11.6 Å². The minimum Gasteiger partial charge on any atom is -0.126 e. The molecule has 0 fully saturated rings. The minimum absolute atomic E-state index is 0.768. The highest BCUT2D eigenvalue weighted by molar-refractivity contribution is 6.18. The molecule has 0 spiro atoms. The summed E-state index contributed by atoms with van der Waals surface area (Å²) in [5, 5.41) is 0. The van der Waals surface area contributed by atoms with Gasteiger partial charge in [0, 0.05) is 5.88 Å². The quantitative estimate of drug-likeness (QED) is 0.535. The lowest BCUT2D eigenvalue weighted by molar-refractivity contribution is 0.429. The number of alkyl halides is 1. The van der Waals surface area contributed by atoms with Crippen LogP contribution in [0.1, 0.15) is 46.5 Å². The maximum Gasteiger partial charge on any atom is 0.0251 e. The van der Waals surface area contributed by atoms with Gasteiger partial charge in [0.2, 0.25) is 0 Å². The van der Waals surface area contributed by atoms with Crippen molar-refractivity contribution in [1.29, 1.82) is 0 Å². The molecule has 0 aromatic carbocycles. The van der Waals surface area contributed by atoms with Gasteiger partial charge in [0.25, 0.3) is 0 Å². The standard InChI is InChI=1S/C10H21Cl/c1-4-5-10(8-11)7-6-9(2)3/h9-10H,4-8H2,1-3H3.